The average molecular weight is 408 g/mol. The molecule has 4 rings (SSSR count). The first-order chi connectivity index (χ1) is 14.6. The number of likely N-dealkylation sites (tertiary alicyclic amines) is 1. The number of para-hydroxylation sites is 2. The van der Waals surface area contributed by atoms with Crippen molar-refractivity contribution in [1.82, 2.24) is 14.0 Å². The molecular formula is C24H29N3O3. The molecule has 1 fully saturated rings. The van der Waals surface area contributed by atoms with Crippen molar-refractivity contribution in [3.05, 3.63) is 64.6 Å². The monoisotopic (exact) mass is 407 g/mol. The number of aryl methyl sites for hydroxylation is 2. The number of methoxy groups -OCH3 is 1. The van der Waals surface area contributed by atoms with E-state index in [9.17, 15) is 9.59 Å². The molecule has 0 saturated carbocycles. The number of rotatable bonds is 5. The Hall–Kier alpha value is -3.02. The van der Waals surface area contributed by atoms with Gasteiger partial charge >= 0.3 is 5.69 Å². The molecule has 1 saturated heterocycles. The lowest BCUT2D eigenvalue weighted by Crippen LogP contribution is -2.36. The number of hydrogen-bond donors (Lipinski definition) is 0. The third kappa shape index (κ3) is 3.86. The van der Waals surface area contributed by atoms with Gasteiger partial charge in [-0.25, -0.2) is 4.79 Å². The van der Waals surface area contributed by atoms with Gasteiger partial charge in [0.25, 0.3) is 0 Å². The number of carbonyl (C=O) groups is 1. The van der Waals surface area contributed by atoms with Crippen molar-refractivity contribution in [2.45, 2.75) is 44.7 Å². The Morgan fingerprint density at radius 2 is 1.77 bits per heavy atom. The second-order valence-electron chi connectivity index (χ2n) is 7.96. The van der Waals surface area contributed by atoms with Gasteiger partial charge in [-0.05, 0) is 42.7 Å². The van der Waals surface area contributed by atoms with Gasteiger partial charge < -0.3 is 9.64 Å². The Balaban J connectivity index is 1.55. The molecule has 2 heterocycles. The predicted octanol–water partition coefficient (Wildman–Crippen LogP) is 3.88. The van der Waals surface area contributed by atoms with E-state index in [2.05, 4.69) is 12.1 Å². The van der Waals surface area contributed by atoms with Crippen LogP contribution in [0.3, 0.4) is 0 Å². The summed E-state index contributed by atoms with van der Waals surface area (Å²) in [6.07, 6.45) is 4.56. The Bertz CT molecular complexity index is 1080. The lowest BCUT2D eigenvalue weighted by Gasteiger charge is -2.31. The topological polar surface area (TPSA) is 56.5 Å². The van der Waals surface area contributed by atoms with Crippen molar-refractivity contribution in [3.63, 3.8) is 0 Å². The van der Waals surface area contributed by atoms with Crippen molar-refractivity contribution in [2.24, 2.45) is 7.05 Å². The number of amides is 1. The van der Waals surface area contributed by atoms with Gasteiger partial charge in [-0.15, -0.1) is 0 Å². The number of ether oxygens (including phenoxy) is 1. The van der Waals surface area contributed by atoms with Crippen LogP contribution in [0, 0.1) is 0 Å². The van der Waals surface area contributed by atoms with E-state index in [1.807, 2.05) is 41.3 Å². The van der Waals surface area contributed by atoms with Gasteiger partial charge in [-0.1, -0.05) is 37.1 Å². The van der Waals surface area contributed by atoms with E-state index in [-0.39, 0.29) is 17.6 Å². The largest absolute Gasteiger partial charge is 0.497 e. The van der Waals surface area contributed by atoms with Crippen LogP contribution in [0.4, 0.5) is 0 Å². The van der Waals surface area contributed by atoms with Crippen molar-refractivity contribution in [3.8, 4) is 5.75 Å². The van der Waals surface area contributed by atoms with E-state index >= 15 is 0 Å². The highest BCUT2D eigenvalue weighted by Crippen LogP contribution is 2.31. The second-order valence-corrected chi connectivity index (χ2v) is 7.96. The highest BCUT2D eigenvalue weighted by molar-refractivity contribution is 5.78. The molecule has 6 heteroatoms. The number of aromatic nitrogens is 2. The van der Waals surface area contributed by atoms with Crippen LogP contribution >= 0.6 is 0 Å². The van der Waals surface area contributed by atoms with Crippen LogP contribution in [0.1, 0.15) is 43.7 Å². The molecule has 0 bridgehead atoms. The smallest absolute Gasteiger partial charge is 0.328 e. The minimum Gasteiger partial charge on any atom is -0.497 e. The maximum Gasteiger partial charge on any atom is 0.328 e. The molecule has 158 valence electrons. The Morgan fingerprint density at radius 3 is 2.50 bits per heavy atom. The third-order valence-electron chi connectivity index (χ3n) is 6.17. The molecule has 1 aliphatic rings. The molecule has 0 N–H and O–H groups in total. The van der Waals surface area contributed by atoms with Gasteiger partial charge in [0.1, 0.15) is 5.75 Å². The van der Waals surface area contributed by atoms with Crippen molar-refractivity contribution in [2.75, 3.05) is 13.7 Å². The summed E-state index contributed by atoms with van der Waals surface area (Å²) in [7, 11) is 3.43. The number of hydrogen-bond acceptors (Lipinski definition) is 3. The number of benzene rings is 2. The highest BCUT2D eigenvalue weighted by atomic mass is 16.5. The zero-order chi connectivity index (χ0) is 21.1. The molecule has 0 spiro atoms. The summed E-state index contributed by atoms with van der Waals surface area (Å²) in [5.74, 6) is 0.929. The molecule has 0 aliphatic carbocycles. The van der Waals surface area contributed by atoms with Crippen LogP contribution in [0.5, 0.6) is 5.75 Å². The fourth-order valence-electron chi connectivity index (χ4n) is 4.51. The molecular weight excluding hydrogens is 378 g/mol. The van der Waals surface area contributed by atoms with Gasteiger partial charge in [0, 0.05) is 26.6 Å². The number of carbonyl (C=O) groups excluding carboxylic acids is 1. The van der Waals surface area contributed by atoms with Gasteiger partial charge in [0.15, 0.2) is 0 Å². The summed E-state index contributed by atoms with van der Waals surface area (Å²) < 4.78 is 8.64. The van der Waals surface area contributed by atoms with Crippen LogP contribution in [0.25, 0.3) is 11.0 Å². The molecule has 1 aromatic heterocycles. The van der Waals surface area contributed by atoms with Crippen molar-refractivity contribution in [1.29, 1.82) is 0 Å². The van der Waals surface area contributed by atoms with Crippen LogP contribution in [-0.4, -0.2) is 33.6 Å². The zero-order valence-electron chi connectivity index (χ0n) is 17.7. The summed E-state index contributed by atoms with van der Waals surface area (Å²) >= 11 is 0. The second kappa shape index (κ2) is 8.78. The molecule has 1 aliphatic heterocycles. The first-order valence-electron chi connectivity index (χ1n) is 10.7. The van der Waals surface area contributed by atoms with Crippen LogP contribution in [-0.2, 0) is 18.4 Å². The molecule has 6 nitrogen and oxygen atoms in total. The summed E-state index contributed by atoms with van der Waals surface area (Å²) in [6.45, 7) is 1.16. The number of imidazole rings is 1. The van der Waals surface area contributed by atoms with Gasteiger partial charge in [-0.3, -0.25) is 13.9 Å². The number of nitrogens with zero attached hydrogens (tertiary/aromatic N) is 3. The van der Waals surface area contributed by atoms with E-state index in [1.54, 1.807) is 23.3 Å². The molecule has 0 radical (unpaired) electrons. The Labute approximate surface area is 176 Å². The summed E-state index contributed by atoms with van der Waals surface area (Å²) in [4.78, 5) is 28.0. The molecule has 3 aromatic rings. The van der Waals surface area contributed by atoms with Crippen LogP contribution in [0.15, 0.2) is 53.3 Å². The first kappa shape index (κ1) is 20.3. The normalized spacial score (nSPS) is 17.1. The fourth-order valence-corrected chi connectivity index (χ4v) is 4.51. The summed E-state index contributed by atoms with van der Waals surface area (Å²) in [6, 6.07) is 15.8. The summed E-state index contributed by atoms with van der Waals surface area (Å²) in [5.41, 5.74) is 2.83. The number of fused-ring (bicyclic) bond motifs is 1. The van der Waals surface area contributed by atoms with Crippen LogP contribution < -0.4 is 10.4 Å². The van der Waals surface area contributed by atoms with E-state index < -0.39 is 0 Å². The lowest BCUT2D eigenvalue weighted by molar-refractivity contribution is -0.133. The molecule has 1 unspecified atom stereocenters. The standard InChI is InChI=1S/C24H29N3O3/c1-25-21-9-5-6-10-22(21)27(24(25)29)17-15-23(28)26-16-7-3-4-8-20(26)18-11-13-19(30-2)14-12-18/h5-6,9-14,20H,3-4,7-8,15-17H2,1-2H3. The van der Waals surface area contributed by atoms with E-state index in [4.69, 9.17) is 4.74 Å². The minimum absolute atomic E-state index is 0.0772. The van der Waals surface area contributed by atoms with Gasteiger partial charge in [0.05, 0.1) is 24.2 Å². The van der Waals surface area contributed by atoms with Crippen molar-refractivity contribution < 1.29 is 9.53 Å². The average Bonchev–Trinajstić information content (AvgIpc) is 2.94. The van der Waals surface area contributed by atoms with Gasteiger partial charge in [0.2, 0.25) is 5.91 Å². The van der Waals surface area contributed by atoms with Crippen LogP contribution in [0.2, 0.25) is 0 Å². The van der Waals surface area contributed by atoms with E-state index in [0.717, 1.165) is 54.6 Å². The zero-order valence-corrected chi connectivity index (χ0v) is 17.7. The summed E-state index contributed by atoms with van der Waals surface area (Å²) in [5, 5.41) is 0. The van der Waals surface area contributed by atoms with Gasteiger partial charge in [-0.2, -0.15) is 0 Å². The highest BCUT2D eigenvalue weighted by Gasteiger charge is 2.27. The maximum atomic E-state index is 13.3. The minimum atomic E-state index is -0.0772. The predicted molar refractivity (Wildman–Crippen MR) is 118 cm³/mol. The van der Waals surface area contributed by atoms with Crippen molar-refractivity contribution >= 4 is 16.9 Å². The molecule has 2 aromatic carbocycles. The maximum absolute atomic E-state index is 13.3. The van der Waals surface area contributed by atoms with E-state index in [1.165, 1.54) is 0 Å². The first-order valence-corrected chi connectivity index (χ1v) is 10.7. The molecule has 1 amide bonds. The lowest BCUT2D eigenvalue weighted by atomic mass is 10.0. The Morgan fingerprint density at radius 1 is 1.03 bits per heavy atom. The Kier molecular flexibility index (Phi) is 5.93. The SMILES string of the molecule is COc1ccc(C2CCCCCN2C(=O)CCn2c(=O)n(C)c3ccccc32)cc1. The molecule has 1 atom stereocenters. The third-order valence-corrected chi connectivity index (χ3v) is 6.17. The fraction of sp³-hybridized carbons (Fsp3) is 0.417. The quantitative estimate of drug-likeness (QED) is 0.645. The van der Waals surface area contributed by atoms with E-state index in [0.29, 0.717) is 13.0 Å². The molecule has 30 heavy (non-hydrogen) atoms.